The topological polar surface area (TPSA) is 82.4 Å². The highest BCUT2D eigenvalue weighted by molar-refractivity contribution is 6.09. The first-order valence-electron chi connectivity index (χ1n) is 7.68. The van der Waals surface area contributed by atoms with Crippen molar-refractivity contribution in [2.75, 3.05) is 12.4 Å². The summed E-state index contributed by atoms with van der Waals surface area (Å²) >= 11 is 0. The van der Waals surface area contributed by atoms with E-state index >= 15 is 0 Å². The molecule has 0 bridgehead atoms. The molecule has 0 saturated heterocycles. The van der Waals surface area contributed by atoms with E-state index in [2.05, 4.69) is 11.9 Å². The Bertz CT molecular complexity index is 914. The predicted molar refractivity (Wildman–Crippen MR) is 97.2 cm³/mol. The number of ether oxygens (including phenoxy) is 1. The normalized spacial score (nSPS) is 10.7. The van der Waals surface area contributed by atoms with Crippen LogP contribution in [0.4, 0.5) is 10.1 Å². The molecule has 5 nitrogen and oxygen atoms in total. The number of phenols is 1. The second-order valence-corrected chi connectivity index (χ2v) is 5.33. The molecule has 0 atom stereocenters. The van der Waals surface area contributed by atoms with Gasteiger partial charge in [-0.05, 0) is 42.3 Å². The molecule has 0 aliphatic carbocycles. The maximum atomic E-state index is 13.7. The van der Waals surface area contributed by atoms with Gasteiger partial charge in [-0.3, -0.25) is 4.79 Å². The van der Waals surface area contributed by atoms with Crippen molar-refractivity contribution in [3.63, 3.8) is 0 Å². The lowest BCUT2D eigenvalue weighted by Gasteiger charge is -2.10. The van der Waals surface area contributed by atoms with Gasteiger partial charge in [0.2, 0.25) is 0 Å². The number of aromatic hydroxyl groups is 1. The number of anilines is 1. The summed E-state index contributed by atoms with van der Waals surface area (Å²) in [4.78, 5) is 12.3. The first kappa shape index (κ1) is 18.7. The standard InChI is InChI=1S/C20H17FN2O3/c1-3-6-14-9-13(11-18(26-2)19(14)24)10-15(12-22)20(25)23-17-8-5-4-7-16(17)21/h3-5,7-11,24H,1,6H2,2H3,(H,23,25)/b15-10+. The molecule has 0 spiro atoms. The number of nitriles is 1. The summed E-state index contributed by atoms with van der Waals surface area (Å²) in [6.45, 7) is 3.62. The minimum absolute atomic E-state index is 0.0192. The molecular weight excluding hydrogens is 335 g/mol. The summed E-state index contributed by atoms with van der Waals surface area (Å²) in [5.74, 6) is -1.16. The summed E-state index contributed by atoms with van der Waals surface area (Å²) in [7, 11) is 1.40. The Morgan fingerprint density at radius 3 is 2.77 bits per heavy atom. The van der Waals surface area contributed by atoms with E-state index in [9.17, 15) is 19.6 Å². The summed E-state index contributed by atoms with van der Waals surface area (Å²) in [6, 6.07) is 10.6. The molecule has 26 heavy (non-hydrogen) atoms. The van der Waals surface area contributed by atoms with Gasteiger partial charge >= 0.3 is 0 Å². The van der Waals surface area contributed by atoms with E-state index in [1.54, 1.807) is 24.3 Å². The molecular formula is C20H17FN2O3. The van der Waals surface area contributed by atoms with Crippen LogP contribution < -0.4 is 10.1 Å². The average Bonchev–Trinajstić information content (AvgIpc) is 2.64. The zero-order valence-electron chi connectivity index (χ0n) is 14.1. The summed E-state index contributed by atoms with van der Waals surface area (Å²) < 4.78 is 18.8. The van der Waals surface area contributed by atoms with Gasteiger partial charge in [0.1, 0.15) is 17.5 Å². The number of rotatable bonds is 6. The van der Waals surface area contributed by atoms with Crippen LogP contribution in [0.25, 0.3) is 6.08 Å². The van der Waals surface area contributed by atoms with Crippen LogP contribution in [0.5, 0.6) is 11.5 Å². The zero-order chi connectivity index (χ0) is 19.1. The Balaban J connectivity index is 2.37. The third kappa shape index (κ3) is 4.28. The van der Waals surface area contributed by atoms with Crippen molar-refractivity contribution in [3.05, 3.63) is 71.6 Å². The summed E-state index contributed by atoms with van der Waals surface area (Å²) in [6.07, 6.45) is 3.33. The van der Waals surface area contributed by atoms with Gasteiger partial charge in [0.25, 0.3) is 5.91 Å². The van der Waals surface area contributed by atoms with Crippen molar-refractivity contribution in [1.29, 1.82) is 5.26 Å². The smallest absolute Gasteiger partial charge is 0.266 e. The van der Waals surface area contributed by atoms with E-state index in [0.717, 1.165) is 0 Å². The molecule has 2 N–H and O–H groups in total. The molecule has 0 aromatic heterocycles. The first-order chi connectivity index (χ1) is 12.5. The number of carbonyl (C=O) groups is 1. The highest BCUT2D eigenvalue weighted by atomic mass is 19.1. The number of nitrogens with zero attached hydrogens (tertiary/aromatic N) is 1. The molecule has 0 aliphatic heterocycles. The Morgan fingerprint density at radius 1 is 1.42 bits per heavy atom. The van der Waals surface area contributed by atoms with Gasteiger partial charge in [-0.25, -0.2) is 4.39 Å². The number of hydrogen-bond acceptors (Lipinski definition) is 4. The van der Waals surface area contributed by atoms with Crippen LogP contribution in [0.3, 0.4) is 0 Å². The Kier molecular flexibility index (Phi) is 6.12. The molecule has 0 fully saturated rings. The fourth-order valence-corrected chi connectivity index (χ4v) is 2.31. The largest absolute Gasteiger partial charge is 0.504 e. The molecule has 2 aromatic rings. The molecule has 0 radical (unpaired) electrons. The van der Waals surface area contributed by atoms with Gasteiger partial charge in [-0.15, -0.1) is 6.58 Å². The second-order valence-electron chi connectivity index (χ2n) is 5.33. The van der Waals surface area contributed by atoms with E-state index in [0.29, 0.717) is 17.5 Å². The molecule has 6 heteroatoms. The molecule has 1 amide bonds. The van der Waals surface area contributed by atoms with Gasteiger partial charge in [0, 0.05) is 5.56 Å². The van der Waals surface area contributed by atoms with Gasteiger partial charge in [0.05, 0.1) is 12.8 Å². The van der Waals surface area contributed by atoms with E-state index in [-0.39, 0.29) is 22.8 Å². The van der Waals surface area contributed by atoms with Crippen LogP contribution in [0.15, 0.2) is 54.6 Å². The van der Waals surface area contributed by atoms with E-state index < -0.39 is 11.7 Å². The van der Waals surface area contributed by atoms with Gasteiger partial charge in [-0.1, -0.05) is 18.2 Å². The number of para-hydroxylation sites is 1. The Morgan fingerprint density at radius 2 is 2.15 bits per heavy atom. The van der Waals surface area contributed by atoms with Gasteiger partial charge in [0.15, 0.2) is 11.5 Å². The average molecular weight is 352 g/mol. The predicted octanol–water partition coefficient (Wildman–Crippen LogP) is 3.81. The number of allylic oxidation sites excluding steroid dienone is 1. The van der Waals surface area contributed by atoms with Crippen LogP contribution >= 0.6 is 0 Å². The van der Waals surface area contributed by atoms with Crippen LogP contribution in [0.2, 0.25) is 0 Å². The van der Waals surface area contributed by atoms with Crippen molar-refractivity contribution in [3.8, 4) is 17.6 Å². The quantitative estimate of drug-likeness (QED) is 0.470. The second kappa shape index (κ2) is 8.49. The van der Waals surface area contributed by atoms with E-state index in [1.807, 2.05) is 0 Å². The van der Waals surface area contributed by atoms with Crippen molar-refractivity contribution >= 4 is 17.7 Å². The van der Waals surface area contributed by atoms with Crippen LogP contribution in [-0.4, -0.2) is 18.1 Å². The molecule has 2 aromatic carbocycles. The number of amides is 1. The maximum Gasteiger partial charge on any atom is 0.266 e. The van der Waals surface area contributed by atoms with Crippen LogP contribution in [0, 0.1) is 17.1 Å². The number of benzene rings is 2. The molecule has 0 heterocycles. The summed E-state index contributed by atoms with van der Waals surface area (Å²) in [5, 5.41) is 21.7. The third-order valence-electron chi connectivity index (χ3n) is 3.56. The lowest BCUT2D eigenvalue weighted by atomic mass is 10.0. The first-order valence-corrected chi connectivity index (χ1v) is 7.68. The van der Waals surface area contributed by atoms with Crippen molar-refractivity contribution in [2.24, 2.45) is 0 Å². The third-order valence-corrected chi connectivity index (χ3v) is 3.56. The fraction of sp³-hybridized carbons (Fsp3) is 0.100. The summed E-state index contributed by atoms with van der Waals surface area (Å²) in [5.41, 5.74) is 0.786. The monoisotopic (exact) mass is 352 g/mol. The highest BCUT2D eigenvalue weighted by Crippen LogP contribution is 2.32. The van der Waals surface area contributed by atoms with E-state index in [1.165, 1.54) is 37.5 Å². The molecule has 2 rings (SSSR count). The number of phenolic OH excluding ortho intramolecular Hbond substituents is 1. The maximum absolute atomic E-state index is 13.7. The number of halogens is 1. The lowest BCUT2D eigenvalue weighted by molar-refractivity contribution is -0.112. The highest BCUT2D eigenvalue weighted by Gasteiger charge is 2.14. The zero-order valence-corrected chi connectivity index (χ0v) is 14.1. The number of carbonyl (C=O) groups excluding carboxylic acids is 1. The van der Waals surface area contributed by atoms with Crippen molar-refractivity contribution in [1.82, 2.24) is 0 Å². The fourth-order valence-electron chi connectivity index (χ4n) is 2.31. The SMILES string of the molecule is C=CCc1cc(/C=C(\C#N)C(=O)Nc2ccccc2F)cc(OC)c1O. The molecule has 0 unspecified atom stereocenters. The number of hydrogen-bond donors (Lipinski definition) is 2. The minimum Gasteiger partial charge on any atom is -0.504 e. The lowest BCUT2D eigenvalue weighted by Crippen LogP contribution is -2.14. The molecule has 0 saturated carbocycles. The number of methoxy groups -OCH3 is 1. The van der Waals surface area contributed by atoms with Crippen molar-refractivity contribution < 1.29 is 19.0 Å². The van der Waals surface area contributed by atoms with Crippen molar-refractivity contribution in [2.45, 2.75) is 6.42 Å². The van der Waals surface area contributed by atoms with Gasteiger partial charge in [-0.2, -0.15) is 5.26 Å². The molecule has 0 aliphatic rings. The van der Waals surface area contributed by atoms with Crippen LogP contribution in [0.1, 0.15) is 11.1 Å². The van der Waals surface area contributed by atoms with E-state index in [4.69, 9.17) is 4.74 Å². The molecule has 132 valence electrons. The van der Waals surface area contributed by atoms with Crippen LogP contribution in [-0.2, 0) is 11.2 Å². The number of nitrogens with one attached hydrogen (secondary N) is 1. The minimum atomic E-state index is -0.741. The van der Waals surface area contributed by atoms with Gasteiger partial charge < -0.3 is 15.2 Å². The Labute approximate surface area is 150 Å². The Hall–Kier alpha value is -3.59.